The van der Waals surface area contributed by atoms with Crippen molar-refractivity contribution in [2.24, 2.45) is 11.7 Å². The number of allylic oxidation sites excluding steroid dienone is 2. The van der Waals surface area contributed by atoms with Crippen LogP contribution in [0.2, 0.25) is 0 Å². The highest BCUT2D eigenvalue weighted by atomic mass is 19.1. The maximum Gasteiger partial charge on any atom is 0.112 e. The van der Waals surface area contributed by atoms with Crippen LogP contribution in [0, 0.1) is 5.92 Å². The quantitative estimate of drug-likeness (QED) is 0.675. The van der Waals surface area contributed by atoms with E-state index < -0.39 is 5.67 Å². The van der Waals surface area contributed by atoms with Gasteiger partial charge in [0.25, 0.3) is 0 Å². The molecule has 0 bridgehead atoms. The van der Waals surface area contributed by atoms with Gasteiger partial charge in [-0.05, 0) is 25.8 Å². The highest BCUT2D eigenvalue weighted by Crippen LogP contribution is 2.29. The number of hydrogen-bond donors (Lipinski definition) is 2. The highest BCUT2D eigenvalue weighted by Gasteiger charge is 2.27. The van der Waals surface area contributed by atoms with Gasteiger partial charge in [-0.15, -0.1) is 0 Å². The Morgan fingerprint density at radius 3 is 2.79 bits per heavy atom. The minimum Gasteiger partial charge on any atom is -0.318 e. The Morgan fingerprint density at radius 1 is 1.64 bits per heavy atom. The Morgan fingerprint density at radius 2 is 2.36 bits per heavy atom. The first kappa shape index (κ1) is 11.4. The molecule has 3 heteroatoms. The van der Waals surface area contributed by atoms with Gasteiger partial charge < -0.3 is 11.1 Å². The number of nitrogens with one attached hydrogen (secondary N) is 1. The number of halogens is 1. The first-order valence-corrected chi connectivity index (χ1v) is 5.01. The summed E-state index contributed by atoms with van der Waals surface area (Å²) in [4.78, 5) is 0. The molecule has 0 spiro atoms. The summed E-state index contributed by atoms with van der Waals surface area (Å²) in [6, 6.07) is 0. The second-order valence-corrected chi connectivity index (χ2v) is 4.18. The number of hydrogen-bond acceptors (Lipinski definition) is 2. The molecule has 1 atom stereocenters. The maximum atomic E-state index is 13.5. The van der Waals surface area contributed by atoms with Crippen LogP contribution in [-0.2, 0) is 0 Å². The van der Waals surface area contributed by atoms with E-state index in [4.69, 9.17) is 5.73 Å². The van der Waals surface area contributed by atoms with Crippen LogP contribution >= 0.6 is 0 Å². The fourth-order valence-corrected chi connectivity index (χ4v) is 1.52. The SMILES string of the molecule is CC(C)(F)C1C=CC(CNCN)=CC1. The van der Waals surface area contributed by atoms with Crippen LogP contribution in [0.5, 0.6) is 0 Å². The number of rotatable bonds is 4. The first-order chi connectivity index (χ1) is 6.54. The molecule has 1 rings (SSSR count). The molecule has 2 nitrogen and oxygen atoms in total. The van der Waals surface area contributed by atoms with Crippen molar-refractivity contribution in [2.75, 3.05) is 13.2 Å². The average Bonchev–Trinajstić information content (AvgIpc) is 2.14. The zero-order valence-electron chi connectivity index (χ0n) is 8.89. The molecule has 1 unspecified atom stereocenters. The molecule has 0 saturated heterocycles. The van der Waals surface area contributed by atoms with Crippen LogP contribution in [0.15, 0.2) is 23.8 Å². The minimum atomic E-state index is -1.13. The first-order valence-electron chi connectivity index (χ1n) is 5.01. The largest absolute Gasteiger partial charge is 0.318 e. The third kappa shape index (κ3) is 3.24. The standard InChI is InChI=1S/C11H19FN2/c1-11(2,12)10-5-3-9(4-6-10)7-14-8-13/h3-5,10,14H,6-8,13H2,1-2H3. The molecule has 0 radical (unpaired) electrons. The van der Waals surface area contributed by atoms with Gasteiger partial charge in [0.1, 0.15) is 5.67 Å². The molecule has 14 heavy (non-hydrogen) atoms. The summed E-state index contributed by atoms with van der Waals surface area (Å²) in [6.07, 6.45) is 6.79. The predicted octanol–water partition coefficient (Wildman–Crippen LogP) is 1.74. The Labute approximate surface area is 85.1 Å². The van der Waals surface area contributed by atoms with E-state index in [0.717, 1.165) is 13.0 Å². The van der Waals surface area contributed by atoms with Crippen molar-refractivity contribution in [2.45, 2.75) is 25.9 Å². The summed E-state index contributed by atoms with van der Waals surface area (Å²) in [7, 11) is 0. The van der Waals surface area contributed by atoms with Crippen LogP contribution in [0.25, 0.3) is 0 Å². The van der Waals surface area contributed by atoms with Crippen molar-refractivity contribution in [1.29, 1.82) is 0 Å². The molecular weight excluding hydrogens is 179 g/mol. The lowest BCUT2D eigenvalue weighted by atomic mass is 9.85. The summed E-state index contributed by atoms with van der Waals surface area (Å²) in [5.41, 5.74) is 5.39. The van der Waals surface area contributed by atoms with E-state index in [-0.39, 0.29) is 5.92 Å². The van der Waals surface area contributed by atoms with E-state index in [9.17, 15) is 4.39 Å². The van der Waals surface area contributed by atoms with Crippen molar-refractivity contribution < 1.29 is 4.39 Å². The van der Waals surface area contributed by atoms with E-state index in [1.807, 2.05) is 12.2 Å². The molecule has 0 fully saturated rings. The third-order valence-electron chi connectivity index (χ3n) is 2.53. The number of nitrogens with two attached hydrogens (primary N) is 1. The van der Waals surface area contributed by atoms with E-state index in [1.54, 1.807) is 13.8 Å². The molecule has 0 heterocycles. The molecule has 80 valence electrons. The van der Waals surface area contributed by atoms with E-state index in [0.29, 0.717) is 6.67 Å². The topological polar surface area (TPSA) is 38.0 Å². The van der Waals surface area contributed by atoms with E-state index >= 15 is 0 Å². The van der Waals surface area contributed by atoms with E-state index in [2.05, 4.69) is 11.4 Å². The molecule has 1 aliphatic carbocycles. The van der Waals surface area contributed by atoms with Gasteiger partial charge >= 0.3 is 0 Å². The summed E-state index contributed by atoms with van der Waals surface area (Å²) >= 11 is 0. The van der Waals surface area contributed by atoms with Crippen molar-refractivity contribution in [3.05, 3.63) is 23.8 Å². The Kier molecular flexibility index (Phi) is 3.84. The summed E-state index contributed by atoms with van der Waals surface area (Å²) in [6.45, 7) is 4.49. The van der Waals surface area contributed by atoms with Crippen LogP contribution in [0.1, 0.15) is 20.3 Å². The van der Waals surface area contributed by atoms with Gasteiger partial charge in [-0.2, -0.15) is 0 Å². The monoisotopic (exact) mass is 198 g/mol. The smallest absolute Gasteiger partial charge is 0.112 e. The van der Waals surface area contributed by atoms with Gasteiger partial charge in [-0.25, -0.2) is 4.39 Å². The van der Waals surface area contributed by atoms with Crippen molar-refractivity contribution in [3.63, 3.8) is 0 Å². The Bertz CT molecular complexity index is 238. The highest BCUT2D eigenvalue weighted by molar-refractivity contribution is 5.26. The fraction of sp³-hybridized carbons (Fsp3) is 0.636. The molecule has 3 N–H and O–H groups in total. The summed E-state index contributed by atoms with van der Waals surface area (Å²) in [5, 5.41) is 3.04. The molecular formula is C11H19FN2. The van der Waals surface area contributed by atoms with Crippen LogP contribution < -0.4 is 11.1 Å². The third-order valence-corrected chi connectivity index (χ3v) is 2.53. The van der Waals surface area contributed by atoms with Crippen molar-refractivity contribution in [3.8, 4) is 0 Å². The zero-order valence-corrected chi connectivity index (χ0v) is 8.89. The molecule has 0 aliphatic heterocycles. The Balaban J connectivity index is 2.45. The Hall–Kier alpha value is -0.670. The molecule has 1 aliphatic rings. The molecule has 0 amide bonds. The van der Waals surface area contributed by atoms with Crippen LogP contribution in [0.4, 0.5) is 4.39 Å². The lowest BCUT2D eigenvalue weighted by Gasteiger charge is -2.25. The van der Waals surface area contributed by atoms with Gasteiger partial charge in [0.15, 0.2) is 0 Å². The van der Waals surface area contributed by atoms with Crippen molar-refractivity contribution in [1.82, 2.24) is 5.32 Å². The van der Waals surface area contributed by atoms with Gasteiger partial charge in [-0.3, -0.25) is 0 Å². The van der Waals surface area contributed by atoms with Gasteiger partial charge in [0.05, 0.1) is 0 Å². The predicted molar refractivity (Wildman–Crippen MR) is 57.6 cm³/mol. The summed E-state index contributed by atoms with van der Waals surface area (Å²) < 4.78 is 13.5. The zero-order chi connectivity index (χ0) is 10.6. The maximum absolute atomic E-state index is 13.5. The molecule has 0 saturated carbocycles. The van der Waals surface area contributed by atoms with Gasteiger partial charge in [0, 0.05) is 19.1 Å². The van der Waals surface area contributed by atoms with Crippen LogP contribution in [-0.4, -0.2) is 18.9 Å². The van der Waals surface area contributed by atoms with E-state index in [1.165, 1.54) is 5.57 Å². The van der Waals surface area contributed by atoms with Gasteiger partial charge in [-0.1, -0.05) is 18.2 Å². The lowest BCUT2D eigenvalue weighted by Crippen LogP contribution is -2.27. The second-order valence-electron chi connectivity index (χ2n) is 4.18. The van der Waals surface area contributed by atoms with Crippen molar-refractivity contribution >= 4 is 0 Å². The van der Waals surface area contributed by atoms with Gasteiger partial charge in [0.2, 0.25) is 0 Å². The summed E-state index contributed by atoms with van der Waals surface area (Å²) in [5.74, 6) is 0.00382. The minimum absolute atomic E-state index is 0.00382. The number of alkyl halides is 1. The average molecular weight is 198 g/mol. The van der Waals surface area contributed by atoms with Crippen LogP contribution in [0.3, 0.4) is 0 Å². The fourth-order valence-electron chi connectivity index (χ4n) is 1.52. The normalized spacial score (nSPS) is 22.3. The second kappa shape index (κ2) is 4.71. The molecule has 0 aromatic heterocycles. The lowest BCUT2D eigenvalue weighted by molar-refractivity contribution is 0.154. The molecule has 0 aromatic carbocycles. The molecule has 0 aromatic rings.